The summed E-state index contributed by atoms with van der Waals surface area (Å²) in [5, 5.41) is 0. The minimum Gasteiger partial charge on any atom is -0.338 e. The van der Waals surface area contributed by atoms with Crippen LogP contribution < -0.4 is 0 Å². The van der Waals surface area contributed by atoms with E-state index in [1.54, 1.807) is 6.33 Å². The molecule has 0 atom stereocenters. The lowest BCUT2D eigenvalue weighted by Gasteiger charge is -1.92. The molecule has 2 nitrogen and oxygen atoms in total. The van der Waals surface area contributed by atoms with E-state index < -0.39 is 0 Å². The second-order valence-electron chi connectivity index (χ2n) is 2.02. The van der Waals surface area contributed by atoms with Crippen LogP contribution in [0.4, 0.5) is 0 Å². The largest absolute Gasteiger partial charge is 0.338 e. The van der Waals surface area contributed by atoms with E-state index in [2.05, 4.69) is 4.98 Å². The molecule has 0 saturated carbocycles. The normalized spacial score (nSPS) is 10.1. The average Bonchev–Trinajstić information content (AvgIpc) is 2.15. The van der Waals surface area contributed by atoms with Crippen LogP contribution in [-0.4, -0.2) is 9.55 Å². The Balaban J connectivity index is 3.04. The summed E-state index contributed by atoms with van der Waals surface area (Å²) in [4.78, 5) is 4.06. The Labute approximate surface area is 59.5 Å². The first-order valence-electron chi connectivity index (χ1n) is 2.78. The van der Waals surface area contributed by atoms with E-state index in [0.29, 0.717) is 5.88 Å². The third-order valence-corrected chi connectivity index (χ3v) is 1.71. The highest BCUT2D eigenvalue weighted by Gasteiger charge is 1.99. The molecule has 0 unspecified atom stereocenters. The summed E-state index contributed by atoms with van der Waals surface area (Å²) < 4.78 is 1.96. The smallest absolute Gasteiger partial charge is 0.0949 e. The highest BCUT2D eigenvalue weighted by Crippen LogP contribution is 2.05. The van der Waals surface area contributed by atoms with Crippen molar-refractivity contribution in [3.05, 3.63) is 17.7 Å². The van der Waals surface area contributed by atoms with Gasteiger partial charge in [-0.15, -0.1) is 11.6 Å². The predicted octanol–water partition coefficient (Wildman–Crippen LogP) is 1.47. The van der Waals surface area contributed by atoms with Crippen LogP contribution in [0.2, 0.25) is 0 Å². The van der Waals surface area contributed by atoms with Gasteiger partial charge in [0.15, 0.2) is 0 Å². The van der Waals surface area contributed by atoms with E-state index in [1.165, 1.54) is 0 Å². The van der Waals surface area contributed by atoms with E-state index in [1.807, 2.05) is 18.5 Å². The zero-order chi connectivity index (χ0) is 6.85. The summed E-state index contributed by atoms with van der Waals surface area (Å²) in [7, 11) is 1.96. The Hall–Kier alpha value is -0.500. The maximum absolute atomic E-state index is 5.57. The minimum atomic E-state index is 0.507. The molecule has 0 aliphatic heterocycles. The molecule has 0 fully saturated rings. The first-order valence-corrected chi connectivity index (χ1v) is 3.32. The lowest BCUT2D eigenvalue weighted by Crippen LogP contribution is -1.89. The summed E-state index contributed by atoms with van der Waals surface area (Å²) in [6.07, 6.45) is 1.77. The molecule has 1 aromatic heterocycles. The minimum absolute atomic E-state index is 0.507. The van der Waals surface area contributed by atoms with Crippen molar-refractivity contribution in [2.24, 2.45) is 7.05 Å². The SMILES string of the molecule is Cc1c(CCl)ncn1C. The molecule has 0 spiro atoms. The maximum atomic E-state index is 5.57. The summed E-state index contributed by atoms with van der Waals surface area (Å²) >= 11 is 5.57. The van der Waals surface area contributed by atoms with E-state index >= 15 is 0 Å². The fourth-order valence-electron chi connectivity index (χ4n) is 0.671. The highest BCUT2D eigenvalue weighted by atomic mass is 35.5. The van der Waals surface area contributed by atoms with E-state index in [9.17, 15) is 0 Å². The average molecular weight is 145 g/mol. The van der Waals surface area contributed by atoms with Gasteiger partial charge in [0.05, 0.1) is 17.9 Å². The summed E-state index contributed by atoms with van der Waals surface area (Å²) in [6, 6.07) is 0. The molecule has 9 heavy (non-hydrogen) atoms. The number of alkyl halides is 1. The van der Waals surface area contributed by atoms with Crippen LogP contribution in [0.3, 0.4) is 0 Å². The fourth-order valence-corrected chi connectivity index (χ4v) is 0.933. The Morgan fingerprint density at radius 2 is 2.44 bits per heavy atom. The molecular weight excluding hydrogens is 136 g/mol. The Kier molecular flexibility index (Phi) is 1.76. The molecule has 0 N–H and O–H groups in total. The monoisotopic (exact) mass is 144 g/mol. The highest BCUT2D eigenvalue weighted by molar-refractivity contribution is 6.16. The van der Waals surface area contributed by atoms with Gasteiger partial charge >= 0.3 is 0 Å². The third kappa shape index (κ3) is 1.08. The van der Waals surface area contributed by atoms with Gasteiger partial charge in [-0.1, -0.05) is 0 Å². The number of hydrogen-bond acceptors (Lipinski definition) is 1. The van der Waals surface area contributed by atoms with Gasteiger partial charge in [0.2, 0.25) is 0 Å². The Bertz CT molecular complexity index is 205. The first-order chi connectivity index (χ1) is 4.25. The Morgan fingerprint density at radius 1 is 1.78 bits per heavy atom. The molecule has 0 radical (unpaired) electrons. The van der Waals surface area contributed by atoms with Gasteiger partial charge in [0.1, 0.15) is 0 Å². The van der Waals surface area contributed by atoms with Crippen LogP contribution in [0.25, 0.3) is 0 Å². The molecule has 0 aliphatic rings. The van der Waals surface area contributed by atoms with Gasteiger partial charge in [-0.3, -0.25) is 0 Å². The summed E-state index contributed by atoms with van der Waals surface area (Å²) in [5.41, 5.74) is 2.11. The van der Waals surface area contributed by atoms with E-state index in [0.717, 1.165) is 11.4 Å². The quantitative estimate of drug-likeness (QED) is 0.546. The van der Waals surface area contributed by atoms with Crippen molar-refractivity contribution < 1.29 is 0 Å². The van der Waals surface area contributed by atoms with Crippen molar-refractivity contribution in [3.8, 4) is 0 Å². The van der Waals surface area contributed by atoms with Crippen LogP contribution in [0.1, 0.15) is 11.4 Å². The summed E-state index contributed by atoms with van der Waals surface area (Å²) in [6.45, 7) is 2.00. The van der Waals surface area contributed by atoms with Crippen LogP contribution >= 0.6 is 11.6 Å². The van der Waals surface area contributed by atoms with Gasteiger partial charge in [-0.25, -0.2) is 4.98 Å². The van der Waals surface area contributed by atoms with Crippen molar-refractivity contribution in [3.63, 3.8) is 0 Å². The van der Waals surface area contributed by atoms with Crippen molar-refractivity contribution in [1.82, 2.24) is 9.55 Å². The molecule has 1 aromatic rings. The number of rotatable bonds is 1. The van der Waals surface area contributed by atoms with E-state index in [4.69, 9.17) is 11.6 Å². The topological polar surface area (TPSA) is 17.8 Å². The number of aryl methyl sites for hydroxylation is 1. The van der Waals surface area contributed by atoms with Crippen LogP contribution in [0.5, 0.6) is 0 Å². The van der Waals surface area contributed by atoms with Crippen LogP contribution in [-0.2, 0) is 12.9 Å². The van der Waals surface area contributed by atoms with E-state index in [-0.39, 0.29) is 0 Å². The van der Waals surface area contributed by atoms with Gasteiger partial charge in [-0.2, -0.15) is 0 Å². The van der Waals surface area contributed by atoms with Gasteiger partial charge < -0.3 is 4.57 Å². The molecular formula is C6H9ClN2. The molecule has 0 aromatic carbocycles. The number of hydrogen-bond donors (Lipinski definition) is 0. The molecule has 0 amide bonds. The molecule has 1 heterocycles. The van der Waals surface area contributed by atoms with Crippen LogP contribution in [0, 0.1) is 6.92 Å². The molecule has 0 bridgehead atoms. The van der Waals surface area contributed by atoms with Crippen molar-refractivity contribution in [2.75, 3.05) is 0 Å². The lowest BCUT2D eigenvalue weighted by molar-refractivity contribution is 0.870. The number of nitrogens with zero attached hydrogens (tertiary/aromatic N) is 2. The fraction of sp³-hybridized carbons (Fsp3) is 0.500. The standard InChI is InChI=1S/C6H9ClN2/c1-5-6(3-7)8-4-9(5)2/h4H,3H2,1-2H3. The predicted molar refractivity (Wildman–Crippen MR) is 37.5 cm³/mol. The van der Waals surface area contributed by atoms with Gasteiger partial charge in [0.25, 0.3) is 0 Å². The molecule has 3 heteroatoms. The second kappa shape index (κ2) is 2.40. The number of aromatic nitrogens is 2. The van der Waals surface area contributed by atoms with Gasteiger partial charge in [-0.05, 0) is 6.92 Å². The van der Waals surface area contributed by atoms with Crippen molar-refractivity contribution >= 4 is 11.6 Å². The second-order valence-corrected chi connectivity index (χ2v) is 2.29. The zero-order valence-electron chi connectivity index (χ0n) is 5.56. The maximum Gasteiger partial charge on any atom is 0.0949 e. The zero-order valence-corrected chi connectivity index (χ0v) is 6.31. The molecule has 0 saturated heterocycles. The molecule has 1 rings (SSSR count). The molecule has 0 aliphatic carbocycles. The number of imidazole rings is 1. The van der Waals surface area contributed by atoms with Crippen molar-refractivity contribution in [2.45, 2.75) is 12.8 Å². The van der Waals surface area contributed by atoms with Crippen LogP contribution in [0.15, 0.2) is 6.33 Å². The lowest BCUT2D eigenvalue weighted by atomic mass is 10.4. The summed E-state index contributed by atoms with van der Waals surface area (Å²) in [5.74, 6) is 0.507. The first kappa shape index (κ1) is 6.62. The van der Waals surface area contributed by atoms with Crippen molar-refractivity contribution in [1.29, 1.82) is 0 Å². The third-order valence-electron chi connectivity index (χ3n) is 1.46. The Morgan fingerprint density at radius 3 is 2.67 bits per heavy atom. The number of halogens is 1. The van der Waals surface area contributed by atoms with Gasteiger partial charge in [0, 0.05) is 12.7 Å². The molecule has 50 valence electrons.